The molecule has 0 aliphatic rings. The predicted octanol–water partition coefficient (Wildman–Crippen LogP) is 3.09. The van der Waals surface area contributed by atoms with Crippen molar-refractivity contribution in [3.8, 4) is 0 Å². The van der Waals surface area contributed by atoms with E-state index in [0.29, 0.717) is 17.8 Å². The third kappa shape index (κ3) is 3.95. The van der Waals surface area contributed by atoms with Crippen LogP contribution in [0.25, 0.3) is 11.1 Å². The number of amides is 1. The van der Waals surface area contributed by atoms with Crippen molar-refractivity contribution in [3.05, 3.63) is 51.1 Å². The summed E-state index contributed by atoms with van der Waals surface area (Å²) in [5.41, 5.74) is 0.470. The highest BCUT2D eigenvalue weighted by molar-refractivity contribution is 5.89. The van der Waals surface area contributed by atoms with Crippen LogP contribution in [0.4, 0.5) is 11.5 Å². The van der Waals surface area contributed by atoms with Gasteiger partial charge in [-0.05, 0) is 25.8 Å². The molecular formula is C18H21N5O5. The van der Waals surface area contributed by atoms with Gasteiger partial charge in [0, 0.05) is 25.1 Å². The largest absolute Gasteiger partial charge is 0.419 e. The van der Waals surface area contributed by atoms with Crippen LogP contribution in [0.1, 0.15) is 39.2 Å². The zero-order chi connectivity index (χ0) is 20.3. The van der Waals surface area contributed by atoms with E-state index in [4.69, 9.17) is 4.42 Å². The molecule has 10 nitrogen and oxygen atoms in total. The second-order valence-corrected chi connectivity index (χ2v) is 6.50. The van der Waals surface area contributed by atoms with E-state index in [9.17, 15) is 19.7 Å². The quantitative estimate of drug-likeness (QED) is 0.468. The number of aryl methyl sites for hydroxylation is 1. The summed E-state index contributed by atoms with van der Waals surface area (Å²) in [5.74, 6) is -0.148. The molecule has 0 spiro atoms. The molecule has 0 saturated carbocycles. The molecule has 3 aromatic rings. The lowest BCUT2D eigenvalue weighted by molar-refractivity contribution is -0.384. The van der Waals surface area contributed by atoms with Crippen molar-refractivity contribution >= 4 is 28.5 Å². The standard InChI is InChI=1S/C18H21N5O5/c1-3-12(2)22-16(8-9-19-22)20-17(24)5-4-10-21-14-7-6-13(23(26)27)11-15(14)28-18(21)25/h6-9,11-12H,3-5,10H2,1-2H3,(H,20,24). The highest BCUT2D eigenvalue weighted by atomic mass is 16.6. The lowest BCUT2D eigenvalue weighted by Gasteiger charge is -2.14. The van der Waals surface area contributed by atoms with Crippen molar-refractivity contribution in [1.29, 1.82) is 0 Å². The maximum absolute atomic E-state index is 12.2. The summed E-state index contributed by atoms with van der Waals surface area (Å²) in [4.78, 5) is 34.5. The molecule has 1 aromatic carbocycles. The average Bonchev–Trinajstić information content (AvgIpc) is 3.24. The number of carbonyl (C=O) groups excluding carboxylic acids is 1. The molecule has 1 amide bonds. The molecule has 0 bridgehead atoms. The topological polar surface area (TPSA) is 125 Å². The second-order valence-electron chi connectivity index (χ2n) is 6.50. The summed E-state index contributed by atoms with van der Waals surface area (Å²) >= 11 is 0. The fraction of sp³-hybridized carbons (Fsp3) is 0.389. The Balaban J connectivity index is 1.63. The number of rotatable bonds is 8. The molecular weight excluding hydrogens is 366 g/mol. The molecule has 1 unspecified atom stereocenters. The number of oxazole rings is 1. The molecule has 148 valence electrons. The lowest BCUT2D eigenvalue weighted by Crippen LogP contribution is -2.19. The van der Waals surface area contributed by atoms with E-state index in [1.807, 2.05) is 13.8 Å². The van der Waals surface area contributed by atoms with Crippen molar-refractivity contribution in [2.75, 3.05) is 5.32 Å². The van der Waals surface area contributed by atoms with Crippen LogP contribution in [0.5, 0.6) is 0 Å². The van der Waals surface area contributed by atoms with E-state index < -0.39 is 10.7 Å². The number of non-ortho nitro benzene ring substituents is 1. The molecule has 0 aliphatic carbocycles. The van der Waals surface area contributed by atoms with Crippen molar-refractivity contribution < 1.29 is 14.1 Å². The zero-order valence-corrected chi connectivity index (χ0v) is 15.6. The van der Waals surface area contributed by atoms with Crippen LogP contribution in [-0.2, 0) is 11.3 Å². The molecule has 2 heterocycles. The minimum absolute atomic E-state index is 0.148. The highest BCUT2D eigenvalue weighted by Crippen LogP contribution is 2.20. The molecule has 2 aromatic heterocycles. The van der Waals surface area contributed by atoms with E-state index in [-0.39, 0.29) is 36.2 Å². The third-order valence-corrected chi connectivity index (χ3v) is 4.59. The van der Waals surface area contributed by atoms with E-state index in [2.05, 4.69) is 10.4 Å². The van der Waals surface area contributed by atoms with Gasteiger partial charge in [-0.15, -0.1) is 0 Å². The molecule has 28 heavy (non-hydrogen) atoms. The number of fused-ring (bicyclic) bond motifs is 1. The first-order chi connectivity index (χ1) is 13.4. The van der Waals surface area contributed by atoms with Gasteiger partial charge in [0.1, 0.15) is 5.82 Å². The minimum Gasteiger partial charge on any atom is -0.407 e. The third-order valence-electron chi connectivity index (χ3n) is 4.59. The fourth-order valence-corrected chi connectivity index (χ4v) is 2.92. The van der Waals surface area contributed by atoms with Crippen molar-refractivity contribution in [2.24, 2.45) is 0 Å². The number of aromatic nitrogens is 3. The Morgan fingerprint density at radius 1 is 1.39 bits per heavy atom. The average molecular weight is 387 g/mol. The zero-order valence-electron chi connectivity index (χ0n) is 15.6. The van der Waals surface area contributed by atoms with Gasteiger partial charge in [-0.2, -0.15) is 5.10 Å². The fourth-order valence-electron chi connectivity index (χ4n) is 2.92. The van der Waals surface area contributed by atoms with Crippen LogP contribution in [0.15, 0.2) is 39.7 Å². The monoisotopic (exact) mass is 387 g/mol. The first kappa shape index (κ1) is 19.3. The number of carbonyl (C=O) groups is 1. The Labute approximate surface area is 159 Å². The highest BCUT2D eigenvalue weighted by Gasteiger charge is 2.15. The van der Waals surface area contributed by atoms with Gasteiger partial charge >= 0.3 is 5.76 Å². The van der Waals surface area contributed by atoms with E-state index in [0.717, 1.165) is 6.42 Å². The number of anilines is 1. The Hall–Kier alpha value is -3.43. The van der Waals surface area contributed by atoms with Gasteiger partial charge in [-0.1, -0.05) is 6.92 Å². The van der Waals surface area contributed by atoms with Crippen molar-refractivity contribution in [1.82, 2.24) is 14.3 Å². The van der Waals surface area contributed by atoms with Crippen LogP contribution >= 0.6 is 0 Å². The van der Waals surface area contributed by atoms with E-state index >= 15 is 0 Å². The van der Waals surface area contributed by atoms with Crippen LogP contribution < -0.4 is 11.1 Å². The molecule has 3 rings (SSSR count). The second kappa shape index (κ2) is 8.07. The molecule has 0 aliphatic heterocycles. The SMILES string of the molecule is CCC(C)n1nccc1NC(=O)CCCn1c(=O)oc2cc([N+](=O)[O-])ccc21. The van der Waals surface area contributed by atoms with Gasteiger partial charge in [0.25, 0.3) is 5.69 Å². The number of hydrogen-bond acceptors (Lipinski definition) is 6. The van der Waals surface area contributed by atoms with E-state index in [1.54, 1.807) is 16.9 Å². The number of nitro benzene ring substituents is 1. The van der Waals surface area contributed by atoms with Gasteiger partial charge in [0.2, 0.25) is 5.91 Å². The molecule has 1 N–H and O–H groups in total. The summed E-state index contributed by atoms with van der Waals surface area (Å²) in [6.45, 7) is 4.32. The van der Waals surface area contributed by atoms with Crippen molar-refractivity contribution in [2.45, 2.75) is 45.7 Å². The maximum atomic E-state index is 12.2. The number of benzene rings is 1. The number of nitrogens with zero attached hydrogens (tertiary/aromatic N) is 4. The molecule has 0 fully saturated rings. The summed E-state index contributed by atoms with van der Waals surface area (Å²) in [6.07, 6.45) is 3.14. The maximum Gasteiger partial charge on any atom is 0.419 e. The van der Waals surface area contributed by atoms with Gasteiger partial charge in [0.15, 0.2) is 5.58 Å². The smallest absolute Gasteiger partial charge is 0.407 e. The number of hydrogen-bond donors (Lipinski definition) is 1. The molecule has 1 atom stereocenters. The Bertz CT molecular complexity index is 1060. The van der Waals surface area contributed by atoms with Crippen LogP contribution in [0.3, 0.4) is 0 Å². The van der Waals surface area contributed by atoms with Gasteiger partial charge < -0.3 is 9.73 Å². The number of nitrogens with one attached hydrogen (secondary N) is 1. The van der Waals surface area contributed by atoms with Gasteiger partial charge in [-0.3, -0.25) is 19.5 Å². The van der Waals surface area contributed by atoms with Crippen LogP contribution in [-0.4, -0.2) is 25.2 Å². The Morgan fingerprint density at radius 2 is 2.18 bits per heavy atom. The summed E-state index contributed by atoms with van der Waals surface area (Å²) in [7, 11) is 0. The minimum atomic E-state index is -0.606. The van der Waals surface area contributed by atoms with Crippen LogP contribution in [0, 0.1) is 10.1 Å². The first-order valence-corrected chi connectivity index (χ1v) is 9.01. The summed E-state index contributed by atoms with van der Waals surface area (Å²) < 4.78 is 8.21. The van der Waals surface area contributed by atoms with Gasteiger partial charge in [0.05, 0.1) is 28.7 Å². The van der Waals surface area contributed by atoms with Crippen LogP contribution in [0.2, 0.25) is 0 Å². The number of nitro groups is 1. The summed E-state index contributed by atoms with van der Waals surface area (Å²) in [6, 6.07) is 5.92. The Kier molecular flexibility index (Phi) is 5.57. The van der Waals surface area contributed by atoms with Crippen molar-refractivity contribution in [3.63, 3.8) is 0 Å². The molecule has 0 saturated heterocycles. The lowest BCUT2D eigenvalue weighted by atomic mass is 10.2. The van der Waals surface area contributed by atoms with E-state index in [1.165, 1.54) is 22.8 Å². The molecule has 0 radical (unpaired) electrons. The van der Waals surface area contributed by atoms with Gasteiger partial charge in [-0.25, -0.2) is 9.48 Å². The molecule has 10 heteroatoms. The normalized spacial score (nSPS) is 12.2. The Morgan fingerprint density at radius 3 is 2.89 bits per heavy atom. The summed E-state index contributed by atoms with van der Waals surface area (Å²) in [5, 5.41) is 17.9. The predicted molar refractivity (Wildman–Crippen MR) is 102 cm³/mol. The first-order valence-electron chi connectivity index (χ1n) is 9.01.